The number of carboxylic acids is 1. The number of hydrogen-bond donors (Lipinski definition) is 1. The molecule has 1 N–H and O–H groups in total. The molecule has 3 aromatic carbocycles. The maximum atomic E-state index is 13.8. The molecule has 0 spiro atoms. The maximum Gasteiger partial charge on any atom is 0.335 e. The van der Waals surface area contributed by atoms with Crippen molar-refractivity contribution >= 4 is 29.5 Å². The predicted molar refractivity (Wildman–Crippen MR) is 163 cm³/mol. The van der Waals surface area contributed by atoms with Crippen LogP contribution in [-0.2, 0) is 16.8 Å². The van der Waals surface area contributed by atoms with E-state index in [2.05, 4.69) is 85.7 Å². The number of benzene rings is 3. The maximum absolute atomic E-state index is 13.8. The average molecular weight is 547 g/mol. The number of carbonyl (C=O) groups excluding carboxylic acids is 1. The number of nitrogens with zero attached hydrogens (tertiary/aromatic N) is 2. The molecule has 6 heteroatoms. The number of amides is 1. The van der Waals surface area contributed by atoms with Crippen LogP contribution in [0, 0.1) is 20.8 Å². The van der Waals surface area contributed by atoms with E-state index in [9.17, 15) is 14.7 Å². The molecule has 0 heterocycles. The number of aromatic carboxylic acids is 1. The van der Waals surface area contributed by atoms with Crippen LogP contribution in [0.4, 0.5) is 5.69 Å². The number of likely N-dealkylation sites (N-methyl/N-ethyl adjacent to an activating group) is 1. The number of hydrogen-bond acceptors (Lipinski definition) is 4. The fourth-order valence-electron chi connectivity index (χ4n) is 4.64. The third kappa shape index (κ3) is 7.96. The van der Waals surface area contributed by atoms with E-state index in [-0.39, 0.29) is 23.4 Å². The van der Waals surface area contributed by atoms with Gasteiger partial charge in [0.2, 0.25) is 5.91 Å². The molecule has 3 aromatic rings. The van der Waals surface area contributed by atoms with Crippen LogP contribution in [0.25, 0.3) is 0 Å². The van der Waals surface area contributed by atoms with Crippen molar-refractivity contribution in [3.63, 3.8) is 0 Å². The molecule has 0 fully saturated rings. The van der Waals surface area contributed by atoms with Gasteiger partial charge < -0.3 is 10.0 Å². The van der Waals surface area contributed by atoms with E-state index in [4.69, 9.17) is 0 Å². The van der Waals surface area contributed by atoms with Gasteiger partial charge in [0.1, 0.15) is 0 Å². The van der Waals surface area contributed by atoms with Crippen LogP contribution in [-0.4, -0.2) is 34.9 Å². The summed E-state index contributed by atoms with van der Waals surface area (Å²) >= 11 is 1.58. The van der Waals surface area contributed by atoms with E-state index in [1.165, 1.54) is 27.8 Å². The lowest BCUT2D eigenvalue weighted by atomic mass is 9.83. The van der Waals surface area contributed by atoms with Crippen LogP contribution < -0.4 is 4.90 Å². The van der Waals surface area contributed by atoms with E-state index in [1.807, 2.05) is 11.4 Å². The molecule has 0 aromatic heterocycles. The quantitative estimate of drug-likeness (QED) is 0.276. The van der Waals surface area contributed by atoms with Crippen LogP contribution in [0.2, 0.25) is 0 Å². The van der Waals surface area contributed by atoms with Crippen molar-refractivity contribution < 1.29 is 14.7 Å². The molecule has 0 saturated carbocycles. The van der Waals surface area contributed by atoms with Gasteiger partial charge in [-0.1, -0.05) is 70.5 Å². The Labute approximate surface area is 238 Å². The molecule has 0 radical (unpaired) electrons. The summed E-state index contributed by atoms with van der Waals surface area (Å²) in [5, 5.41) is 9.38. The highest BCUT2D eigenvalue weighted by molar-refractivity contribution is 7.97. The van der Waals surface area contributed by atoms with Crippen LogP contribution in [0.15, 0.2) is 59.5 Å². The van der Waals surface area contributed by atoms with Crippen molar-refractivity contribution in [3.05, 3.63) is 93.5 Å². The fraction of sp³-hybridized carbons (Fsp3) is 0.394. The summed E-state index contributed by atoms with van der Waals surface area (Å²) in [6, 6.07) is 17.5. The molecule has 0 aliphatic carbocycles. The first-order valence-corrected chi connectivity index (χ1v) is 14.2. The zero-order valence-electron chi connectivity index (χ0n) is 24.8. The van der Waals surface area contributed by atoms with Crippen LogP contribution in [0.5, 0.6) is 0 Å². The van der Waals surface area contributed by atoms with E-state index in [0.29, 0.717) is 18.2 Å². The number of anilines is 1. The third-order valence-electron chi connectivity index (χ3n) is 6.83. The smallest absolute Gasteiger partial charge is 0.335 e. The minimum Gasteiger partial charge on any atom is -0.478 e. The van der Waals surface area contributed by atoms with Gasteiger partial charge in [0.05, 0.1) is 18.7 Å². The van der Waals surface area contributed by atoms with Crippen molar-refractivity contribution in [2.45, 2.75) is 78.2 Å². The van der Waals surface area contributed by atoms with E-state index in [0.717, 1.165) is 10.5 Å². The molecule has 0 unspecified atom stereocenters. The molecule has 1 amide bonds. The number of carboxylic acid groups (broad SMARTS) is 1. The van der Waals surface area contributed by atoms with Crippen LogP contribution in [0.1, 0.15) is 84.3 Å². The normalized spacial score (nSPS) is 11.8. The molecule has 0 atom stereocenters. The fourth-order valence-corrected chi connectivity index (χ4v) is 5.53. The minimum absolute atomic E-state index is 0.0295. The Morgan fingerprint density at radius 1 is 0.923 bits per heavy atom. The summed E-state index contributed by atoms with van der Waals surface area (Å²) in [5.41, 5.74) is 7.98. The third-order valence-corrected chi connectivity index (χ3v) is 8.09. The van der Waals surface area contributed by atoms with Crippen molar-refractivity contribution in [3.8, 4) is 0 Å². The largest absolute Gasteiger partial charge is 0.478 e. The first-order chi connectivity index (χ1) is 18.1. The highest BCUT2D eigenvalue weighted by Gasteiger charge is 2.22. The SMILES string of the molecule is Cc1cc(C)c(SN(C)CC(=O)N(Cc2cc(C(C)C)cc(C(C)(C)C)c2)c2ccc(C(=O)O)cc2)c(C)c1. The highest BCUT2D eigenvalue weighted by atomic mass is 32.2. The molecule has 0 aliphatic rings. The molecule has 0 saturated heterocycles. The molecular formula is C33H42N2O3S. The predicted octanol–water partition coefficient (Wildman–Crippen LogP) is 7.90. The second-order valence-corrected chi connectivity index (χ2v) is 13.0. The van der Waals surface area contributed by atoms with Gasteiger partial charge >= 0.3 is 5.97 Å². The summed E-state index contributed by atoms with van der Waals surface area (Å²) in [7, 11) is 1.93. The van der Waals surface area contributed by atoms with E-state index < -0.39 is 5.97 Å². The van der Waals surface area contributed by atoms with Crippen molar-refractivity contribution in [2.75, 3.05) is 18.5 Å². The standard InChI is InChI=1S/C33H42N2O3S/c1-21(2)27-16-25(17-28(18-27)33(6,7)8)19-35(29-12-10-26(11-13-29)32(37)38)30(36)20-34(9)39-31-23(4)14-22(3)15-24(31)5/h10-18,21H,19-20H2,1-9H3,(H,37,38). The summed E-state index contributed by atoms with van der Waals surface area (Å²) in [6.07, 6.45) is 0. The summed E-state index contributed by atoms with van der Waals surface area (Å²) < 4.78 is 1.97. The molecule has 5 nitrogen and oxygen atoms in total. The van der Waals surface area contributed by atoms with E-state index in [1.54, 1.807) is 41.1 Å². The van der Waals surface area contributed by atoms with Crippen molar-refractivity contribution in [1.29, 1.82) is 0 Å². The first-order valence-electron chi connectivity index (χ1n) is 13.4. The Balaban J connectivity index is 1.95. The molecular weight excluding hydrogens is 504 g/mol. The molecule has 3 rings (SSSR count). The Bertz CT molecular complexity index is 1320. The lowest BCUT2D eigenvalue weighted by molar-refractivity contribution is -0.118. The van der Waals surface area contributed by atoms with Gasteiger partial charge in [-0.2, -0.15) is 0 Å². The molecule has 0 aliphatic heterocycles. The van der Waals surface area contributed by atoms with Gasteiger partial charge in [-0.25, -0.2) is 9.10 Å². The summed E-state index contributed by atoms with van der Waals surface area (Å²) in [4.78, 5) is 28.2. The number of rotatable bonds is 9. The summed E-state index contributed by atoms with van der Waals surface area (Å²) in [6.45, 7) is 17.9. The average Bonchev–Trinajstić information content (AvgIpc) is 2.84. The van der Waals surface area contributed by atoms with Gasteiger partial charge in [-0.3, -0.25) is 4.79 Å². The lowest BCUT2D eigenvalue weighted by Gasteiger charge is -2.28. The van der Waals surface area contributed by atoms with Crippen molar-refractivity contribution in [1.82, 2.24) is 4.31 Å². The second kappa shape index (κ2) is 12.4. The number of carbonyl (C=O) groups is 2. The second-order valence-electron chi connectivity index (χ2n) is 11.8. The monoisotopic (exact) mass is 546 g/mol. The van der Waals surface area contributed by atoms with E-state index >= 15 is 0 Å². The Kier molecular flexibility index (Phi) is 9.68. The van der Waals surface area contributed by atoms with Gasteiger partial charge in [-0.05, 0) is 103 Å². The van der Waals surface area contributed by atoms with Gasteiger partial charge in [-0.15, -0.1) is 0 Å². The Morgan fingerprint density at radius 2 is 1.51 bits per heavy atom. The lowest BCUT2D eigenvalue weighted by Crippen LogP contribution is -2.37. The molecule has 208 valence electrons. The van der Waals surface area contributed by atoms with Gasteiger partial charge in [0.15, 0.2) is 0 Å². The van der Waals surface area contributed by atoms with Gasteiger partial charge in [0.25, 0.3) is 0 Å². The zero-order valence-corrected chi connectivity index (χ0v) is 25.6. The zero-order chi connectivity index (χ0) is 29.1. The molecule has 0 bridgehead atoms. The topological polar surface area (TPSA) is 60.9 Å². The Morgan fingerprint density at radius 3 is 2.03 bits per heavy atom. The number of aryl methyl sites for hydroxylation is 3. The van der Waals surface area contributed by atoms with Crippen LogP contribution in [0.3, 0.4) is 0 Å². The Hall–Kier alpha value is -3.09. The van der Waals surface area contributed by atoms with Crippen LogP contribution >= 0.6 is 11.9 Å². The first kappa shape index (κ1) is 30.5. The minimum atomic E-state index is -0.987. The molecule has 39 heavy (non-hydrogen) atoms. The van der Waals surface area contributed by atoms with Crippen molar-refractivity contribution in [2.24, 2.45) is 0 Å². The summed E-state index contributed by atoms with van der Waals surface area (Å²) in [5.74, 6) is -0.685. The van der Waals surface area contributed by atoms with Gasteiger partial charge in [0, 0.05) is 10.6 Å². The highest BCUT2D eigenvalue weighted by Crippen LogP contribution is 2.31.